The molecule has 0 radical (unpaired) electrons. The van der Waals surface area contributed by atoms with Crippen LogP contribution < -0.4 is 0 Å². The van der Waals surface area contributed by atoms with E-state index in [1.165, 1.54) is 7.11 Å². The van der Waals surface area contributed by atoms with Crippen LogP contribution in [0.25, 0.3) is 0 Å². The Balaban J connectivity index is 1.63. The van der Waals surface area contributed by atoms with E-state index in [1.807, 2.05) is 13.0 Å². The Labute approximate surface area is 216 Å². The van der Waals surface area contributed by atoms with Gasteiger partial charge in [0.15, 0.2) is 5.78 Å². The fourth-order valence-electron chi connectivity index (χ4n) is 10.5. The summed E-state index contributed by atoms with van der Waals surface area (Å²) in [6, 6.07) is 2.17. The number of fused-ring (bicyclic) bond motifs is 7. The quantitative estimate of drug-likeness (QED) is 0.414. The van der Waals surface area contributed by atoms with Crippen LogP contribution in [0.15, 0.2) is 11.6 Å². The van der Waals surface area contributed by atoms with Crippen molar-refractivity contribution in [1.29, 1.82) is 5.26 Å². The first-order valence-electron chi connectivity index (χ1n) is 14.0. The molecule has 0 unspecified atom stereocenters. The number of Topliss-reactive ketones (excluding diaryl/α,β-unsaturated/α-hetero) is 2. The summed E-state index contributed by atoms with van der Waals surface area (Å²) >= 11 is 0. The number of ether oxygens (including phenoxy) is 1. The molecular formula is C31H43NO4. The van der Waals surface area contributed by atoms with Crippen molar-refractivity contribution in [2.75, 3.05) is 7.11 Å². The van der Waals surface area contributed by atoms with Gasteiger partial charge >= 0.3 is 5.97 Å². The number of carbonyl (C=O) groups is 3. The molecule has 4 fully saturated rings. The maximum atomic E-state index is 14.4. The molecule has 0 saturated heterocycles. The molecule has 0 spiro atoms. The Morgan fingerprint density at radius 1 is 1.00 bits per heavy atom. The van der Waals surface area contributed by atoms with Crippen molar-refractivity contribution in [3.05, 3.63) is 11.6 Å². The van der Waals surface area contributed by atoms with Crippen LogP contribution in [-0.4, -0.2) is 24.6 Å². The van der Waals surface area contributed by atoms with Crippen molar-refractivity contribution < 1.29 is 19.1 Å². The molecular weight excluding hydrogens is 450 g/mol. The van der Waals surface area contributed by atoms with Gasteiger partial charge in [-0.25, -0.2) is 0 Å². The third-order valence-electron chi connectivity index (χ3n) is 12.7. The Morgan fingerprint density at radius 2 is 1.67 bits per heavy atom. The lowest BCUT2D eigenvalue weighted by atomic mass is 9.32. The summed E-state index contributed by atoms with van der Waals surface area (Å²) < 4.78 is 5.41. The monoisotopic (exact) mass is 493 g/mol. The molecule has 36 heavy (non-hydrogen) atoms. The van der Waals surface area contributed by atoms with E-state index in [0.29, 0.717) is 6.42 Å². The Kier molecular flexibility index (Phi) is 5.55. The number of methoxy groups -OCH3 is 1. The van der Waals surface area contributed by atoms with Gasteiger partial charge in [0.25, 0.3) is 0 Å². The number of hydrogen-bond donors (Lipinski definition) is 0. The lowest BCUT2D eigenvalue weighted by molar-refractivity contribution is -0.223. The van der Waals surface area contributed by atoms with Gasteiger partial charge in [-0.2, -0.15) is 5.26 Å². The van der Waals surface area contributed by atoms with Gasteiger partial charge in [0.2, 0.25) is 0 Å². The molecule has 0 N–H and O–H groups in total. The van der Waals surface area contributed by atoms with Gasteiger partial charge in [-0.05, 0) is 84.4 Å². The Bertz CT molecular complexity index is 1100. The minimum atomic E-state index is -0.561. The zero-order chi connectivity index (χ0) is 26.5. The maximum absolute atomic E-state index is 14.4. The zero-order valence-electron chi connectivity index (χ0n) is 23.2. The summed E-state index contributed by atoms with van der Waals surface area (Å²) in [5.41, 5.74) is -0.912. The molecule has 5 nitrogen and oxygen atoms in total. The molecule has 5 aliphatic carbocycles. The number of nitriles is 1. The Hall–Kier alpha value is -1.96. The van der Waals surface area contributed by atoms with Crippen LogP contribution in [0.1, 0.15) is 92.9 Å². The van der Waals surface area contributed by atoms with Crippen molar-refractivity contribution in [2.45, 2.75) is 92.9 Å². The van der Waals surface area contributed by atoms with Gasteiger partial charge in [0.1, 0.15) is 11.9 Å². The van der Waals surface area contributed by atoms with Gasteiger partial charge < -0.3 is 4.74 Å². The summed E-state index contributed by atoms with van der Waals surface area (Å²) in [7, 11) is 1.49. The van der Waals surface area contributed by atoms with Crippen molar-refractivity contribution >= 4 is 17.5 Å². The fraction of sp³-hybridized carbons (Fsp3) is 0.806. The van der Waals surface area contributed by atoms with Crippen LogP contribution >= 0.6 is 0 Å². The Morgan fingerprint density at radius 3 is 2.31 bits per heavy atom. The second kappa shape index (κ2) is 7.78. The van der Waals surface area contributed by atoms with E-state index in [4.69, 9.17) is 4.74 Å². The van der Waals surface area contributed by atoms with Gasteiger partial charge in [-0.1, -0.05) is 47.6 Å². The second-order valence-corrected chi connectivity index (χ2v) is 14.5. The SMILES string of the molecule is COC(=O)[C@]12CCC(C)(C)C[C@H]1[C@H]1C(=O)C[C@@H]3[C@@]4(C)C=C(C#N)C(=O)[C@@H](C)[C@@H]4CC[C@@]3(C)[C@]1(C)CC2. The lowest BCUT2D eigenvalue weighted by Crippen LogP contribution is -2.68. The third kappa shape index (κ3) is 3.02. The molecule has 0 aromatic carbocycles. The molecule has 0 bridgehead atoms. The largest absolute Gasteiger partial charge is 0.469 e. The number of hydrogen-bond acceptors (Lipinski definition) is 5. The first kappa shape index (κ1) is 25.7. The zero-order valence-corrected chi connectivity index (χ0v) is 23.2. The average molecular weight is 494 g/mol. The van der Waals surface area contributed by atoms with E-state index in [2.05, 4.69) is 40.7 Å². The molecule has 5 heteroatoms. The molecule has 0 amide bonds. The molecule has 0 heterocycles. The molecule has 5 rings (SSSR count). The fourth-order valence-corrected chi connectivity index (χ4v) is 10.5. The lowest BCUT2D eigenvalue weighted by Gasteiger charge is -2.71. The van der Waals surface area contributed by atoms with Crippen molar-refractivity contribution in [2.24, 2.45) is 56.7 Å². The van der Waals surface area contributed by atoms with E-state index in [9.17, 15) is 19.6 Å². The average Bonchev–Trinajstić information content (AvgIpc) is 2.82. The standard InChI is InChI=1S/C31H43NO4/c1-18-20-8-9-29(5)23(28(20,4)15-19(17-32)25(18)34)14-22(33)24-21-16-27(2,3)10-12-31(21,26(35)36-7)13-11-30(24,29)6/h15,18,20-21,23-24H,8-14,16H2,1-7H3/t18-,20-,21-,23+,24-,28-,29+,30+,31-/m0/s1. The summed E-state index contributed by atoms with van der Waals surface area (Å²) in [5.74, 6) is -0.0000937. The van der Waals surface area contributed by atoms with Crippen LogP contribution in [0.5, 0.6) is 0 Å². The van der Waals surface area contributed by atoms with E-state index >= 15 is 0 Å². The van der Waals surface area contributed by atoms with E-state index in [-0.39, 0.29) is 74.4 Å². The van der Waals surface area contributed by atoms with E-state index in [1.54, 1.807) is 0 Å². The van der Waals surface area contributed by atoms with Gasteiger partial charge in [-0.3, -0.25) is 14.4 Å². The number of ketones is 2. The molecule has 196 valence electrons. The number of rotatable bonds is 1. The summed E-state index contributed by atoms with van der Waals surface area (Å²) in [4.78, 5) is 40.6. The van der Waals surface area contributed by atoms with Crippen LogP contribution in [0.2, 0.25) is 0 Å². The van der Waals surface area contributed by atoms with Gasteiger partial charge in [-0.15, -0.1) is 0 Å². The van der Waals surface area contributed by atoms with Crippen LogP contribution in [0.4, 0.5) is 0 Å². The van der Waals surface area contributed by atoms with Gasteiger partial charge in [0.05, 0.1) is 18.1 Å². The summed E-state index contributed by atoms with van der Waals surface area (Å²) in [6.07, 6.45) is 8.59. The highest BCUT2D eigenvalue weighted by Crippen LogP contribution is 2.75. The number of allylic oxidation sites excluding steroid dienone is 2. The molecule has 9 atom stereocenters. The van der Waals surface area contributed by atoms with Crippen molar-refractivity contribution in [3.63, 3.8) is 0 Å². The maximum Gasteiger partial charge on any atom is 0.312 e. The number of nitrogens with zero attached hydrogens (tertiary/aromatic N) is 1. The van der Waals surface area contributed by atoms with E-state index < -0.39 is 5.41 Å². The number of esters is 1. The predicted molar refractivity (Wildman–Crippen MR) is 136 cm³/mol. The number of carbonyl (C=O) groups excluding carboxylic acids is 3. The molecule has 0 aromatic heterocycles. The van der Waals surface area contributed by atoms with Crippen LogP contribution in [0, 0.1) is 68.0 Å². The van der Waals surface area contributed by atoms with Crippen LogP contribution in [0.3, 0.4) is 0 Å². The van der Waals surface area contributed by atoms with Crippen molar-refractivity contribution in [3.8, 4) is 6.07 Å². The van der Waals surface area contributed by atoms with Crippen molar-refractivity contribution in [1.82, 2.24) is 0 Å². The van der Waals surface area contributed by atoms with Gasteiger partial charge in [0, 0.05) is 18.3 Å². The third-order valence-corrected chi connectivity index (χ3v) is 12.7. The topological polar surface area (TPSA) is 84.2 Å². The van der Waals surface area contributed by atoms with Crippen LogP contribution in [-0.2, 0) is 19.1 Å². The summed E-state index contributed by atoms with van der Waals surface area (Å²) in [6.45, 7) is 13.5. The highest BCUT2D eigenvalue weighted by molar-refractivity contribution is 6.01. The highest BCUT2D eigenvalue weighted by atomic mass is 16.5. The minimum Gasteiger partial charge on any atom is -0.469 e. The molecule has 0 aliphatic heterocycles. The predicted octanol–water partition coefficient (Wildman–Crippen LogP) is 6.07. The first-order chi connectivity index (χ1) is 16.7. The second-order valence-electron chi connectivity index (χ2n) is 14.5. The first-order valence-corrected chi connectivity index (χ1v) is 14.0. The molecule has 0 aromatic rings. The summed E-state index contributed by atoms with van der Waals surface area (Å²) in [5, 5.41) is 9.77. The normalized spacial score (nSPS) is 49.4. The minimum absolute atomic E-state index is 0.000299. The molecule has 4 saturated carbocycles. The molecule has 5 aliphatic rings. The van der Waals surface area contributed by atoms with E-state index in [0.717, 1.165) is 44.9 Å². The smallest absolute Gasteiger partial charge is 0.312 e. The highest BCUT2D eigenvalue weighted by Gasteiger charge is 2.72.